The van der Waals surface area contributed by atoms with Gasteiger partial charge in [0, 0.05) is 29.5 Å². The second-order valence-corrected chi connectivity index (χ2v) is 5.71. The molecule has 0 aliphatic rings. The summed E-state index contributed by atoms with van der Waals surface area (Å²) < 4.78 is 5.85. The number of nitrogens with zero attached hydrogens (tertiary/aromatic N) is 2. The van der Waals surface area contributed by atoms with Crippen molar-refractivity contribution >= 4 is 22.6 Å². The SMILES string of the molecule is O=C(CCc1ncn[nH]1)Nc1ccc(-c2cc3ccccc3o2)cc1. The number of carbonyl (C=O) groups excluding carboxylic acids is 1. The van der Waals surface area contributed by atoms with Gasteiger partial charge in [-0.05, 0) is 36.4 Å². The van der Waals surface area contributed by atoms with Crippen molar-refractivity contribution < 1.29 is 9.21 Å². The lowest BCUT2D eigenvalue weighted by Crippen LogP contribution is -2.12. The number of fused-ring (bicyclic) bond motifs is 1. The Labute approximate surface area is 143 Å². The fourth-order valence-electron chi connectivity index (χ4n) is 2.65. The molecular formula is C19H16N4O2. The van der Waals surface area contributed by atoms with E-state index in [0.717, 1.165) is 28.0 Å². The Bertz CT molecular complexity index is 955. The zero-order valence-corrected chi connectivity index (χ0v) is 13.4. The van der Waals surface area contributed by atoms with Gasteiger partial charge in [0.1, 0.15) is 23.5 Å². The quantitative estimate of drug-likeness (QED) is 0.582. The summed E-state index contributed by atoms with van der Waals surface area (Å²) in [6.45, 7) is 0. The maximum Gasteiger partial charge on any atom is 0.224 e. The summed E-state index contributed by atoms with van der Waals surface area (Å²) in [6.07, 6.45) is 2.31. The van der Waals surface area contributed by atoms with Crippen LogP contribution in [0.1, 0.15) is 12.2 Å². The van der Waals surface area contributed by atoms with Gasteiger partial charge in [-0.2, -0.15) is 5.10 Å². The standard InChI is InChI=1S/C19H16N4O2/c24-19(10-9-18-20-12-21-23-18)22-15-7-5-13(6-8-15)17-11-14-3-1-2-4-16(14)25-17/h1-8,11-12H,9-10H2,(H,22,24)(H,20,21,23). The molecule has 2 N–H and O–H groups in total. The van der Waals surface area contributed by atoms with Gasteiger partial charge in [-0.1, -0.05) is 18.2 Å². The van der Waals surface area contributed by atoms with E-state index >= 15 is 0 Å². The summed E-state index contributed by atoms with van der Waals surface area (Å²) in [4.78, 5) is 16.0. The van der Waals surface area contributed by atoms with Crippen LogP contribution in [-0.4, -0.2) is 21.1 Å². The number of furan rings is 1. The number of aromatic nitrogens is 3. The smallest absolute Gasteiger partial charge is 0.224 e. The topological polar surface area (TPSA) is 83.8 Å². The molecule has 25 heavy (non-hydrogen) atoms. The molecule has 6 heteroatoms. The molecule has 124 valence electrons. The highest BCUT2D eigenvalue weighted by molar-refractivity contribution is 5.91. The monoisotopic (exact) mass is 332 g/mol. The van der Waals surface area contributed by atoms with E-state index in [9.17, 15) is 4.79 Å². The van der Waals surface area contributed by atoms with E-state index in [1.54, 1.807) is 0 Å². The molecule has 2 aromatic heterocycles. The van der Waals surface area contributed by atoms with Crippen molar-refractivity contribution in [2.45, 2.75) is 12.8 Å². The number of carbonyl (C=O) groups is 1. The predicted octanol–water partition coefficient (Wildman–Crippen LogP) is 3.79. The van der Waals surface area contributed by atoms with Crippen LogP contribution in [0.3, 0.4) is 0 Å². The highest BCUT2D eigenvalue weighted by Gasteiger charge is 2.07. The van der Waals surface area contributed by atoms with Gasteiger partial charge >= 0.3 is 0 Å². The number of rotatable bonds is 5. The zero-order chi connectivity index (χ0) is 17.1. The minimum absolute atomic E-state index is 0.0621. The van der Waals surface area contributed by atoms with Gasteiger partial charge in [-0.15, -0.1) is 0 Å². The van der Waals surface area contributed by atoms with Crippen molar-refractivity contribution in [1.29, 1.82) is 0 Å². The molecule has 6 nitrogen and oxygen atoms in total. The Morgan fingerprint density at radius 1 is 1.12 bits per heavy atom. The fraction of sp³-hybridized carbons (Fsp3) is 0.105. The van der Waals surface area contributed by atoms with Crippen LogP contribution in [0, 0.1) is 0 Å². The van der Waals surface area contributed by atoms with Crippen LogP contribution in [0.25, 0.3) is 22.3 Å². The van der Waals surface area contributed by atoms with Crippen molar-refractivity contribution in [2.24, 2.45) is 0 Å². The number of amides is 1. The maximum atomic E-state index is 12.0. The van der Waals surface area contributed by atoms with E-state index in [-0.39, 0.29) is 5.91 Å². The summed E-state index contributed by atoms with van der Waals surface area (Å²) in [7, 11) is 0. The summed E-state index contributed by atoms with van der Waals surface area (Å²) in [5.41, 5.74) is 2.58. The molecule has 4 rings (SSSR count). The number of hydrogen-bond acceptors (Lipinski definition) is 4. The molecule has 2 heterocycles. The van der Waals surface area contributed by atoms with Gasteiger partial charge < -0.3 is 9.73 Å². The van der Waals surface area contributed by atoms with E-state index in [1.807, 2.05) is 54.6 Å². The molecule has 0 atom stereocenters. The highest BCUT2D eigenvalue weighted by Crippen LogP contribution is 2.28. The average molecular weight is 332 g/mol. The fourth-order valence-corrected chi connectivity index (χ4v) is 2.65. The summed E-state index contributed by atoms with van der Waals surface area (Å²) in [5.74, 6) is 1.45. The number of H-pyrrole nitrogens is 1. The average Bonchev–Trinajstić information content (AvgIpc) is 3.30. The molecule has 0 aliphatic heterocycles. The lowest BCUT2D eigenvalue weighted by molar-refractivity contribution is -0.116. The zero-order valence-electron chi connectivity index (χ0n) is 13.4. The number of aromatic amines is 1. The predicted molar refractivity (Wildman–Crippen MR) is 95.0 cm³/mol. The number of benzene rings is 2. The molecule has 0 saturated heterocycles. The molecule has 2 aromatic carbocycles. The van der Waals surface area contributed by atoms with Crippen LogP contribution in [-0.2, 0) is 11.2 Å². The third-order valence-corrected chi connectivity index (χ3v) is 3.93. The van der Waals surface area contributed by atoms with E-state index < -0.39 is 0 Å². The first-order valence-corrected chi connectivity index (χ1v) is 8.01. The molecule has 0 radical (unpaired) electrons. The molecule has 0 spiro atoms. The Morgan fingerprint density at radius 2 is 1.96 bits per heavy atom. The lowest BCUT2D eigenvalue weighted by atomic mass is 10.1. The lowest BCUT2D eigenvalue weighted by Gasteiger charge is -2.05. The normalized spacial score (nSPS) is 10.9. The van der Waals surface area contributed by atoms with Crippen LogP contribution in [0.15, 0.2) is 65.3 Å². The summed E-state index contributed by atoms with van der Waals surface area (Å²) >= 11 is 0. The maximum absolute atomic E-state index is 12.0. The van der Waals surface area contributed by atoms with Crippen molar-refractivity contribution in [2.75, 3.05) is 5.32 Å². The number of para-hydroxylation sites is 1. The van der Waals surface area contributed by atoms with E-state index in [1.165, 1.54) is 6.33 Å². The molecule has 0 bridgehead atoms. The van der Waals surface area contributed by atoms with Crippen LogP contribution in [0.5, 0.6) is 0 Å². The third-order valence-electron chi connectivity index (χ3n) is 3.93. The first kappa shape index (κ1) is 15.1. The first-order valence-electron chi connectivity index (χ1n) is 8.01. The van der Waals surface area contributed by atoms with Crippen molar-refractivity contribution in [3.63, 3.8) is 0 Å². The number of anilines is 1. The molecule has 0 aliphatic carbocycles. The highest BCUT2D eigenvalue weighted by atomic mass is 16.3. The molecule has 0 unspecified atom stereocenters. The number of aryl methyl sites for hydroxylation is 1. The molecule has 0 fully saturated rings. The van der Waals surface area contributed by atoms with Gasteiger partial charge in [0.2, 0.25) is 5.91 Å². The number of nitrogens with one attached hydrogen (secondary N) is 2. The van der Waals surface area contributed by atoms with Crippen LogP contribution in [0.2, 0.25) is 0 Å². The minimum atomic E-state index is -0.0621. The van der Waals surface area contributed by atoms with Gasteiger partial charge in [0.15, 0.2) is 0 Å². The van der Waals surface area contributed by atoms with Crippen molar-refractivity contribution in [3.05, 3.63) is 66.7 Å². The van der Waals surface area contributed by atoms with Gasteiger partial charge in [-0.25, -0.2) is 4.98 Å². The Balaban J connectivity index is 1.42. The van der Waals surface area contributed by atoms with E-state index in [4.69, 9.17) is 4.42 Å². The Kier molecular flexibility index (Phi) is 4.00. The first-order chi connectivity index (χ1) is 12.3. The summed E-state index contributed by atoms with van der Waals surface area (Å²) in [5, 5.41) is 10.5. The van der Waals surface area contributed by atoms with E-state index in [0.29, 0.717) is 18.7 Å². The van der Waals surface area contributed by atoms with Crippen molar-refractivity contribution in [1.82, 2.24) is 15.2 Å². The second-order valence-electron chi connectivity index (χ2n) is 5.71. The van der Waals surface area contributed by atoms with Crippen LogP contribution < -0.4 is 5.32 Å². The molecule has 0 saturated carbocycles. The number of hydrogen-bond donors (Lipinski definition) is 2. The minimum Gasteiger partial charge on any atom is -0.456 e. The third kappa shape index (κ3) is 3.42. The van der Waals surface area contributed by atoms with E-state index in [2.05, 4.69) is 20.5 Å². The Morgan fingerprint density at radius 3 is 2.72 bits per heavy atom. The van der Waals surface area contributed by atoms with Gasteiger partial charge in [0.05, 0.1) is 0 Å². The van der Waals surface area contributed by atoms with Gasteiger partial charge in [-0.3, -0.25) is 9.89 Å². The van der Waals surface area contributed by atoms with Gasteiger partial charge in [0.25, 0.3) is 0 Å². The molecule has 1 amide bonds. The Hall–Kier alpha value is -3.41. The molecule has 4 aromatic rings. The van der Waals surface area contributed by atoms with Crippen LogP contribution >= 0.6 is 0 Å². The summed E-state index contributed by atoms with van der Waals surface area (Å²) in [6, 6.07) is 17.5. The van der Waals surface area contributed by atoms with Crippen molar-refractivity contribution in [3.8, 4) is 11.3 Å². The molecular weight excluding hydrogens is 316 g/mol. The van der Waals surface area contributed by atoms with Crippen LogP contribution in [0.4, 0.5) is 5.69 Å². The largest absolute Gasteiger partial charge is 0.456 e. The second kappa shape index (κ2) is 6.60.